The third-order valence-corrected chi connectivity index (χ3v) is 5.57. The number of quaternary nitrogens is 1. The highest BCUT2D eigenvalue weighted by Crippen LogP contribution is 2.38. The zero-order valence-corrected chi connectivity index (χ0v) is 20.5. The van der Waals surface area contributed by atoms with Crippen LogP contribution in [-0.4, -0.2) is 61.3 Å². The number of nitrogens with zero attached hydrogens (tertiary/aromatic N) is 1. The molecule has 0 heterocycles. The summed E-state index contributed by atoms with van der Waals surface area (Å²) in [7, 11) is 1.51. The molecule has 29 heavy (non-hydrogen) atoms. The molecule has 1 atom stereocenters. The zero-order chi connectivity index (χ0) is 22.0. The molecule has 6 nitrogen and oxygen atoms in total. The first-order valence-electron chi connectivity index (χ1n) is 11.8. The van der Waals surface area contributed by atoms with E-state index in [0.717, 1.165) is 19.4 Å². The van der Waals surface area contributed by atoms with Gasteiger partial charge in [-0.25, -0.2) is 4.57 Å². The minimum absolute atomic E-state index is 0.453. The fourth-order valence-electron chi connectivity index (χ4n) is 3.54. The van der Waals surface area contributed by atoms with Gasteiger partial charge in [-0.05, 0) is 19.3 Å². The van der Waals surface area contributed by atoms with E-state index in [2.05, 4.69) is 6.92 Å². The number of rotatable bonds is 21. The van der Waals surface area contributed by atoms with E-state index in [0.29, 0.717) is 24.1 Å². The Hall–Kier alpha value is 0.0300. The van der Waals surface area contributed by atoms with Crippen LogP contribution in [0.1, 0.15) is 96.8 Å². The fraction of sp³-hybridized carbons (Fsp3) is 1.00. The van der Waals surface area contributed by atoms with E-state index in [1.165, 1.54) is 70.6 Å². The minimum atomic E-state index is -4.45. The summed E-state index contributed by atoms with van der Waals surface area (Å²) in [6, 6.07) is 0. The quantitative estimate of drug-likeness (QED) is 0.137. The van der Waals surface area contributed by atoms with Crippen LogP contribution in [0.15, 0.2) is 0 Å². The first-order valence-corrected chi connectivity index (χ1v) is 13.3. The average molecular weight is 439 g/mol. The van der Waals surface area contributed by atoms with Crippen LogP contribution in [0.4, 0.5) is 0 Å². The van der Waals surface area contributed by atoms with E-state index in [-0.39, 0.29) is 0 Å². The van der Waals surface area contributed by atoms with E-state index in [9.17, 15) is 4.57 Å². The molecule has 1 unspecified atom stereocenters. The molecule has 0 aliphatic heterocycles. The van der Waals surface area contributed by atoms with Crippen LogP contribution in [0.5, 0.6) is 0 Å². The summed E-state index contributed by atoms with van der Waals surface area (Å²) in [6.07, 6.45) is 16.9. The normalized spacial score (nSPS) is 13.7. The molecule has 0 amide bonds. The van der Waals surface area contributed by atoms with E-state index in [1.54, 1.807) is 0 Å². The lowest BCUT2D eigenvalue weighted by atomic mass is 10.1. The maximum Gasteiger partial charge on any atom is 0.470 e. The van der Waals surface area contributed by atoms with Gasteiger partial charge in [0.1, 0.15) is 12.6 Å². The smallest absolute Gasteiger partial charge is 0.381 e. The highest BCUT2D eigenvalue weighted by atomic mass is 31.2. The Balaban J connectivity index is 3.51. The summed E-state index contributed by atoms with van der Waals surface area (Å²) >= 11 is 0. The highest BCUT2D eigenvalue weighted by molar-refractivity contribution is 7.46. The molecule has 0 radical (unpaired) electrons. The molecule has 0 rings (SSSR count). The molecule has 176 valence electrons. The molecule has 0 aromatic rings. The zero-order valence-electron chi connectivity index (χ0n) is 19.6. The number of unbranched alkanes of at least 4 members (excludes halogenated alkanes) is 11. The van der Waals surface area contributed by atoms with E-state index in [4.69, 9.17) is 19.0 Å². The molecule has 0 aliphatic carbocycles. The molecule has 0 aromatic heterocycles. The summed E-state index contributed by atoms with van der Waals surface area (Å²) in [4.78, 5) is 18.1. The Bertz CT molecular complexity index is 408. The molecule has 0 bridgehead atoms. The van der Waals surface area contributed by atoms with Crippen LogP contribution >= 0.6 is 7.82 Å². The lowest BCUT2D eigenvalue weighted by molar-refractivity contribution is -0.873. The van der Waals surface area contributed by atoms with Crippen molar-refractivity contribution in [3.05, 3.63) is 0 Å². The molecule has 0 saturated carbocycles. The van der Waals surface area contributed by atoms with Crippen LogP contribution in [0, 0.1) is 0 Å². The summed E-state index contributed by atoms with van der Waals surface area (Å²) < 4.78 is 22.3. The van der Waals surface area contributed by atoms with Gasteiger partial charge < -0.3 is 19.0 Å². The molecule has 2 N–H and O–H groups in total. The van der Waals surface area contributed by atoms with Gasteiger partial charge in [0.25, 0.3) is 0 Å². The summed E-state index contributed by atoms with van der Waals surface area (Å²) in [5.74, 6) is 0. The van der Waals surface area contributed by atoms with E-state index in [1.807, 2.05) is 21.1 Å². The molecular formula is C22H49NO5P+. The van der Waals surface area contributed by atoms with Gasteiger partial charge in [-0.3, -0.25) is 4.52 Å². The van der Waals surface area contributed by atoms with Crippen molar-refractivity contribution in [2.45, 2.75) is 103 Å². The predicted molar refractivity (Wildman–Crippen MR) is 121 cm³/mol. The molecule has 7 heteroatoms. The van der Waals surface area contributed by atoms with Crippen molar-refractivity contribution in [1.29, 1.82) is 0 Å². The van der Waals surface area contributed by atoms with Crippen molar-refractivity contribution in [2.24, 2.45) is 0 Å². The molecule has 0 aromatic carbocycles. The van der Waals surface area contributed by atoms with E-state index < -0.39 is 13.9 Å². The van der Waals surface area contributed by atoms with Gasteiger partial charge >= 0.3 is 7.82 Å². The van der Waals surface area contributed by atoms with Crippen molar-refractivity contribution < 1.29 is 28.1 Å². The summed E-state index contributed by atoms with van der Waals surface area (Å²) in [5, 5.41) is 0. The number of hydrogen-bond donors (Lipinski definition) is 2. The van der Waals surface area contributed by atoms with Crippen LogP contribution in [0.3, 0.4) is 0 Å². The van der Waals surface area contributed by atoms with Gasteiger partial charge in [-0.2, -0.15) is 0 Å². The molecule has 0 fully saturated rings. The number of likely N-dealkylation sites (N-methyl/N-ethyl adjacent to an activating group) is 1. The summed E-state index contributed by atoms with van der Waals surface area (Å²) in [5.41, 5.74) is 0. The van der Waals surface area contributed by atoms with Crippen molar-refractivity contribution in [3.63, 3.8) is 0 Å². The minimum Gasteiger partial charge on any atom is -0.381 e. The SMILES string of the molecule is CCCCCCCCCCCCCCOCCCC(C[N+](C)(C)C)OP(=O)(O)O. The van der Waals surface area contributed by atoms with Gasteiger partial charge in [-0.15, -0.1) is 0 Å². The van der Waals surface area contributed by atoms with Crippen molar-refractivity contribution >= 4 is 7.82 Å². The van der Waals surface area contributed by atoms with Crippen molar-refractivity contribution in [2.75, 3.05) is 40.9 Å². The van der Waals surface area contributed by atoms with Gasteiger partial charge in [0.2, 0.25) is 0 Å². The Morgan fingerprint density at radius 3 is 1.66 bits per heavy atom. The Kier molecular flexibility index (Phi) is 17.7. The van der Waals surface area contributed by atoms with Crippen molar-refractivity contribution in [3.8, 4) is 0 Å². The summed E-state index contributed by atoms with van der Waals surface area (Å²) in [6.45, 7) is 4.22. The average Bonchev–Trinajstić information content (AvgIpc) is 2.58. The monoisotopic (exact) mass is 438 g/mol. The fourth-order valence-corrected chi connectivity index (χ4v) is 4.10. The Morgan fingerprint density at radius 2 is 1.21 bits per heavy atom. The second kappa shape index (κ2) is 17.7. The van der Waals surface area contributed by atoms with Gasteiger partial charge in [-0.1, -0.05) is 77.6 Å². The first-order chi connectivity index (χ1) is 13.6. The number of hydrogen-bond acceptors (Lipinski definition) is 3. The first kappa shape index (κ1) is 29.0. The van der Waals surface area contributed by atoms with Gasteiger partial charge in [0.15, 0.2) is 0 Å². The molecule has 0 aliphatic rings. The predicted octanol–water partition coefficient (Wildman–Crippen LogP) is 5.67. The number of phosphoric ester groups is 1. The second-order valence-electron chi connectivity index (χ2n) is 9.33. The lowest BCUT2D eigenvalue weighted by Crippen LogP contribution is -2.42. The van der Waals surface area contributed by atoms with Crippen molar-refractivity contribution in [1.82, 2.24) is 0 Å². The Morgan fingerprint density at radius 1 is 0.759 bits per heavy atom. The number of ether oxygens (including phenoxy) is 1. The third-order valence-electron chi connectivity index (χ3n) is 4.99. The second-order valence-corrected chi connectivity index (χ2v) is 10.5. The maximum atomic E-state index is 11.1. The van der Waals surface area contributed by atoms with Crippen LogP contribution in [0.2, 0.25) is 0 Å². The maximum absolute atomic E-state index is 11.1. The van der Waals surface area contributed by atoms with Gasteiger partial charge in [0.05, 0.1) is 21.1 Å². The molecule has 0 saturated heterocycles. The standard InChI is InChI=1S/C22H48NO5P/c1-5-6-7-8-9-10-11-12-13-14-15-16-19-27-20-17-18-22(21-23(2,3)4)28-29(24,25)26/h22H,5-21H2,1-4H3,(H-,24,25,26)/p+1. The van der Waals surface area contributed by atoms with Crippen LogP contribution in [-0.2, 0) is 13.8 Å². The molecule has 0 spiro atoms. The van der Waals surface area contributed by atoms with Crippen LogP contribution < -0.4 is 0 Å². The molecular weight excluding hydrogens is 389 g/mol. The largest absolute Gasteiger partial charge is 0.470 e. The third kappa shape index (κ3) is 24.2. The Labute approximate surface area is 180 Å². The number of phosphoric acid groups is 1. The van der Waals surface area contributed by atoms with Crippen LogP contribution in [0.25, 0.3) is 0 Å². The lowest BCUT2D eigenvalue weighted by Gasteiger charge is -2.29. The topological polar surface area (TPSA) is 76.0 Å². The van der Waals surface area contributed by atoms with Gasteiger partial charge in [0, 0.05) is 13.2 Å². The highest BCUT2D eigenvalue weighted by Gasteiger charge is 2.26. The van der Waals surface area contributed by atoms with E-state index >= 15 is 0 Å².